The number of aliphatic hydroxyl groups excluding tert-OH is 1. The van der Waals surface area contributed by atoms with Gasteiger partial charge in [-0.05, 0) is 41.8 Å². The lowest BCUT2D eigenvalue weighted by Gasteiger charge is -2.13. The summed E-state index contributed by atoms with van der Waals surface area (Å²) in [6.07, 6.45) is 1.96. The van der Waals surface area contributed by atoms with E-state index >= 15 is 0 Å². The summed E-state index contributed by atoms with van der Waals surface area (Å²) in [5.41, 5.74) is 8.48. The van der Waals surface area contributed by atoms with Crippen LogP contribution in [0.3, 0.4) is 0 Å². The fourth-order valence-electron chi connectivity index (χ4n) is 3.38. The van der Waals surface area contributed by atoms with E-state index in [0.29, 0.717) is 13.1 Å². The number of anilines is 2. The average Bonchev–Trinajstić information content (AvgIpc) is 3.12. The van der Waals surface area contributed by atoms with Crippen LogP contribution in [0.5, 0.6) is 0 Å². The Balaban J connectivity index is 1.64. The number of benzene rings is 2. The smallest absolute Gasteiger partial charge is 0.112 e. The molecule has 0 aliphatic carbocycles. The highest BCUT2D eigenvalue weighted by molar-refractivity contribution is 5.91. The third-order valence-corrected chi connectivity index (χ3v) is 4.86. The second kappa shape index (κ2) is 8.25. The van der Waals surface area contributed by atoms with Gasteiger partial charge < -0.3 is 20.7 Å². The maximum Gasteiger partial charge on any atom is 0.112 e. The van der Waals surface area contributed by atoms with Crippen LogP contribution in [0.4, 0.5) is 11.4 Å². The minimum Gasteiger partial charge on any atom is -0.395 e. The van der Waals surface area contributed by atoms with E-state index in [0.717, 1.165) is 28.1 Å². The molecule has 28 heavy (non-hydrogen) atoms. The third kappa shape index (κ3) is 3.76. The molecule has 4 rings (SSSR count). The summed E-state index contributed by atoms with van der Waals surface area (Å²) in [5, 5.41) is 15.6. The summed E-state index contributed by atoms with van der Waals surface area (Å²) in [6.45, 7) is 3.44. The van der Waals surface area contributed by atoms with E-state index in [-0.39, 0.29) is 6.61 Å². The van der Waals surface area contributed by atoms with Gasteiger partial charge in [0, 0.05) is 25.0 Å². The fraction of sp³-hybridized carbons (Fsp3) is 0.174. The molecular formula is C23H24N4O. The van der Waals surface area contributed by atoms with Crippen LogP contribution in [0.25, 0.3) is 22.2 Å². The number of fused-ring (bicyclic) bond motifs is 1. The highest BCUT2D eigenvalue weighted by atomic mass is 16.3. The Morgan fingerprint density at radius 1 is 0.964 bits per heavy atom. The van der Waals surface area contributed by atoms with Gasteiger partial charge in [0.2, 0.25) is 0 Å². The van der Waals surface area contributed by atoms with E-state index < -0.39 is 0 Å². The van der Waals surface area contributed by atoms with Gasteiger partial charge in [0.25, 0.3) is 0 Å². The minimum absolute atomic E-state index is 0.121. The Labute approximate surface area is 164 Å². The van der Waals surface area contributed by atoms with Crippen LogP contribution in [-0.2, 0) is 6.54 Å². The number of H-pyrrole nitrogens is 1. The van der Waals surface area contributed by atoms with Crippen LogP contribution in [0, 0.1) is 6.92 Å². The first-order valence-electron chi connectivity index (χ1n) is 9.47. The van der Waals surface area contributed by atoms with Crippen molar-refractivity contribution in [3.8, 4) is 11.1 Å². The van der Waals surface area contributed by atoms with Crippen molar-refractivity contribution < 1.29 is 5.11 Å². The Morgan fingerprint density at radius 2 is 1.82 bits per heavy atom. The Morgan fingerprint density at radius 3 is 2.64 bits per heavy atom. The van der Waals surface area contributed by atoms with Crippen molar-refractivity contribution >= 4 is 22.4 Å². The van der Waals surface area contributed by atoms with E-state index in [2.05, 4.69) is 65.0 Å². The molecule has 0 saturated heterocycles. The topological polar surface area (TPSA) is 73.0 Å². The molecule has 0 radical (unpaired) electrons. The normalized spacial score (nSPS) is 11.1. The molecule has 5 heteroatoms. The van der Waals surface area contributed by atoms with Crippen LogP contribution >= 0.6 is 0 Å². The molecule has 0 aliphatic rings. The molecule has 5 nitrogen and oxygen atoms in total. The first-order chi connectivity index (χ1) is 13.8. The molecule has 142 valence electrons. The van der Waals surface area contributed by atoms with Gasteiger partial charge in [0.1, 0.15) is 5.52 Å². The first kappa shape index (κ1) is 18.2. The van der Waals surface area contributed by atoms with E-state index in [9.17, 15) is 0 Å². The molecule has 2 aromatic heterocycles. The van der Waals surface area contributed by atoms with Crippen LogP contribution in [0.2, 0.25) is 0 Å². The fourth-order valence-corrected chi connectivity index (χ4v) is 3.38. The van der Waals surface area contributed by atoms with Crippen molar-refractivity contribution in [3.63, 3.8) is 0 Å². The Kier molecular flexibility index (Phi) is 5.37. The number of hydrogen-bond donors (Lipinski definition) is 4. The van der Waals surface area contributed by atoms with Gasteiger partial charge in [-0.2, -0.15) is 0 Å². The number of pyridine rings is 1. The van der Waals surface area contributed by atoms with Gasteiger partial charge >= 0.3 is 0 Å². The van der Waals surface area contributed by atoms with Gasteiger partial charge in [-0.3, -0.25) is 0 Å². The number of aromatic nitrogens is 2. The summed E-state index contributed by atoms with van der Waals surface area (Å²) in [6, 6.07) is 20.8. The van der Waals surface area contributed by atoms with Crippen molar-refractivity contribution in [2.24, 2.45) is 0 Å². The van der Waals surface area contributed by atoms with Crippen molar-refractivity contribution in [1.82, 2.24) is 15.3 Å². The Hall–Kier alpha value is -3.15. The minimum atomic E-state index is 0.121. The molecular weight excluding hydrogens is 348 g/mol. The highest BCUT2D eigenvalue weighted by Crippen LogP contribution is 2.32. The molecule has 0 bridgehead atoms. The highest BCUT2D eigenvalue weighted by Gasteiger charge is 2.10. The summed E-state index contributed by atoms with van der Waals surface area (Å²) in [4.78, 5) is 8.06. The Bertz CT molecular complexity index is 1070. The van der Waals surface area contributed by atoms with E-state index in [1.807, 2.05) is 24.4 Å². The third-order valence-electron chi connectivity index (χ3n) is 4.86. The lowest BCUT2D eigenvalue weighted by atomic mass is 9.99. The molecule has 0 amide bonds. The zero-order chi connectivity index (χ0) is 19.3. The van der Waals surface area contributed by atoms with Gasteiger partial charge in [-0.1, -0.05) is 42.5 Å². The van der Waals surface area contributed by atoms with Crippen LogP contribution in [0.1, 0.15) is 11.3 Å². The van der Waals surface area contributed by atoms with Gasteiger partial charge in [-0.25, -0.2) is 4.98 Å². The molecule has 0 aliphatic heterocycles. The standard InChI is InChI=1S/C23H24N4O/c1-16-19(17-6-3-2-4-7-17)8-5-9-20(16)27-22-15-25-21-11-10-18(26-23(21)22)14-24-12-13-28/h2-11,15,24-25,27-28H,12-14H2,1H3. The molecule has 4 aromatic rings. The van der Waals surface area contributed by atoms with Gasteiger partial charge in [0.15, 0.2) is 0 Å². The number of nitrogens with zero attached hydrogens (tertiary/aromatic N) is 1. The lowest BCUT2D eigenvalue weighted by Crippen LogP contribution is -2.18. The molecule has 0 unspecified atom stereocenters. The molecule has 0 atom stereocenters. The number of hydrogen-bond acceptors (Lipinski definition) is 4. The summed E-state index contributed by atoms with van der Waals surface area (Å²) >= 11 is 0. The number of aromatic amines is 1. The summed E-state index contributed by atoms with van der Waals surface area (Å²) in [5.74, 6) is 0. The van der Waals surface area contributed by atoms with Gasteiger partial charge in [0.05, 0.1) is 23.5 Å². The van der Waals surface area contributed by atoms with E-state index in [1.54, 1.807) is 0 Å². The monoisotopic (exact) mass is 372 g/mol. The largest absolute Gasteiger partial charge is 0.395 e. The second-order valence-corrected chi connectivity index (χ2v) is 6.77. The molecule has 4 N–H and O–H groups in total. The molecule has 0 fully saturated rings. The molecule has 0 spiro atoms. The quantitative estimate of drug-likeness (QED) is 0.364. The SMILES string of the molecule is Cc1c(Nc2c[nH]c3ccc(CNCCO)nc23)cccc1-c1ccccc1. The molecule has 0 saturated carbocycles. The molecule has 2 heterocycles. The number of nitrogens with one attached hydrogen (secondary N) is 3. The van der Waals surface area contributed by atoms with Crippen molar-refractivity contribution in [1.29, 1.82) is 0 Å². The molecule has 2 aromatic carbocycles. The summed E-state index contributed by atoms with van der Waals surface area (Å²) in [7, 11) is 0. The predicted molar refractivity (Wildman–Crippen MR) is 115 cm³/mol. The maximum atomic E-state index is 8.92. The first-order valence-corrected chi connectivity index (χ1v) is 9.47. The average molecular weight is 372 g/mol. The van der Waals surface area contributed by atoms with E-state index in [4.69, 9.17) is 10.1 Å². The van der Waals surface area contributed by atoms with Crippen molar-refractivity contribution in [3.05, 3.63) is 78.1 Å². The van der Waals surface area contributed by atoms with Crippen molar-refractivity contribution in [2.45, 2.75) is 13.5 Å². The van der Waals surface area contributed by atoms with Gasteiger partial charge in [-0.15, -0.1) is 0 Å². The second-order valence-electron chi connectivity index (χ2n) is 6.77. The van der Waals surface area contributed by atoms with Crippen LogP contribution < -0.4 is 10.6 Å². The number of rotatable bonds is 7. The predicted octanol–water partition coefficient (Wildman–Crippen LogP) is 4.36. The zero-order valence-corrected chi connectivity index (χ0v) is 15.9. The van der Waals surface area contributed by atoms with E-state index in [1.165, 1.54) is 16.7 Å². The number of aliphatic hydroxyl groups is 1. The maximum absolute atomic E-state index is 8.92. The van der Waals surface area contributed by atoms with Crippen LogP contribution in [0.15, 0.2) is 66.9 Å². The lowest BCUT2D eigenvalue weighted by molar-refractivity contribution is 0.291. The summed E-state index contributed by atoms with van der Waals surface area (Å²) < 4.78 is 0. The van der Waals surface area contributed by atoms with Crippen molar-refractivity contribution in [2.75, 3.05) is 18.5 Å². The zero-order valence-electron chi connectivity index (χ0n) is 15.9. The van der Waals surface area contributed by atoms with Crippen LogP contribution in [-0.4, -0.2) is 28.2 Å².